The minimum Gasteiger partial charge on any atom is -0.462 e. The van der Waals surface area contributed by atoms with E-state index in [0.717, 1.165) is 115 Å². The molecule has 3 N–H and O–H groups in total. The van der Waals surface area contributed by atoms with E-state index in [1.54, 1.807) is 0 Å². The molecule has 0 aliphatic carbocycles. The molecule has 0 aromatic heterocycles. The van der Waals surface area contributed by atoms with Crippen LogP contribution in [0.25, 0.3) is 0 Å². The molecule has 17 nitrogen and oxygen atoms in total. The van der Waals surface area contributed by atoms with Crippen LogP contribution in [0.4, 0.5) is 0 Å². The van der Waals surface area contributed by atoms with Crippen molar-refractivity contribution >= 4 is 39.5 Å². The largest absolute Gasteiger partial charge is 0.472 e. The average Bonchev–Trinajstić information content (AvgIpc) is 0.920. The van der Waals surface area contributed by atoms with Crippen molar-refractivity contribution in [3.63, 3.8) is 0 Å². The monoisotopic (exact) mass is 1520 g/mol. The molecule has 6 atom stereocenters. The molecule has 0 spiro atoms. The van der Waals surface area contributed by atoms with Crippen molar-refractivity contribution < 1.29 is 80.2 Å². The number of phosphoric acid groups is 2. The third kappa shape index (κ3) is 76.8. The Morgan fingerprint density at radius 1 is 0.279 bits per heavy atom. The summed E-state index contributed by atoms with van der Waals surface area (Å²) in [4.78, 5) is 73.0. The van der Waals surface area contributed by atoms with Gasteiger partial charge >= 0.3 is 39.5 Å². The number of hydrogen-bond donors (Lipinski definition) is 3. The minimum absolute atomic E-state index is 0.107. The maximum atomic E-state index is 13.1. The van der Waals surface area contributed by atoms with Gasteiger partial charge in [0.1, 0.15) is 19.3 Å². The molecular weight excluding hydrogens is 1350 g/mol. The highest BCUT2D eigenvalue weighted by atomic mass is 31.2. The first-order chi connectivity index (χ1) is 50.4. The number of phosphoric ester groups is 2. The second-order valence-corrected chi connectivity index (χ2v) is 34.2. The second kappa shape index (κ2) is 76.4. The van der Waals surface area contributed by atoms with Gasteiger partial charge < -0.3 is 33.8 Å². The van der Waals surface area contributed by atoms with Crippen LogP contribution in [0.5, 0.6) is 0 Å². The van der Waals surface area contributed by atoms with Gasteiger partial charge in [-0.05, 0) is 37.5 Å². The number of hydrogen-bond acceptors (Lipinski definition) is 15. The van der Waals surface area contributed by atoms with Crippen LogP contribution in [0.2, 0.25) is 0 Å². The van der Waals surface area contributed by atoms with Gasteiger partial charge in [-0.2, -0.15) is 0 Å². The second-order valence-electron chi connectivity index (χ2n) is 31.3. The third-order valence-electron chi connectivity index (χ3n) is 20.3. The number of carbonyl (C=O) groups excluding carboxylic acids is 4. The summed E-state index contributed by atoms with van der Waals surface area (Å²) in [5, 5.41) is 10.6. The SMILES string of the molecule is CCCCCCCCCCCCCCCCCCCCCC(=O)OC[C@H](COP(=O)(O)OC[C@@H](O)COP(=O)(O)OC[C@@H](COC(=O)CCCCCCCCC)OC(=O)CCCCCCCCCCCCCCCC(C)C)OC(=O)CCCCCCCCCCCCCCCCCCCCC(C)CC. The first-order valence-electron chi connectivity index (χ1n) is 44.0. The van der Waals surface area contributed by atoms with E-state index in [2.05, 4.69) is 41.5 Å². The van der Waals surface area contributed by atoms with Gasteiger partial charge in [0.25, 0.3) is 0 Å². The normalized spacial score (nSPS) is 14.1. The maximum Gasteiger partial charge on any atom is 0.472 e. The summed E-state index contributed by atoms with van der Waals surface area (Å²) in [6.45, 7) is 9.70. The molecule has 0 aromatic carbocycles. The first kappa shape index (κ1) is 102. The zero-order valence-electron chi connectivity index (χ0n) is 68.3. The van der Waals surface area contributed by atoms with E-state index >= 15 is 0 Å². The zero-order chi connectivity index (χ0) is 76.4. The molecule has 0 bridgehead atoms. The van der Waals surface area contributed by atoms with E-state index in [0.29, 0.717) is 25.7 Å². The molecule has 0 amide bonds. The van der Waals surface area contributed by atoms with Crippen LogP contribution in [0.15, 0.2) is 0 Å². The fourth-order valence-electron chi connectivity index (χ4n) is 13.2. The predicted octanol–water partition coefficient (Wildman–Crippen LogP) is 25.8. The summed E-state index contributed by atoms with van der Waals surface area (Å²) in [5.41, 5.74) is 0. The minimum atomic E-state index is -4.96. The lowest BCUT2D eigenvalue weighted by Gasteiger charge is -2.21. The van der Waals surface area contributed by atoms with Crippen LogP contribution in [-0.2, 0) is 65.4 Å². The first-order valence-corrected chi connectivity index (χ1v) is 47.0. The van der Waals surface area contributed by atoms with Gasteiger partial charge in [-0.25, -0.2) is 9.13 Å². The van der Waals surface area contributed by atoms with Crippen LogP contribution in [0.1, 0.15) is 452 Å². The standard InChI is InChI=1S/C85H166O17P2/c1-7-10-12-14-16-17-18-19-20-21-22-26-29-34-39-44-50-56-62-68-83(88)96-74-81(102-85(90)69-63-57-51-45-40-35-30-27-24-23-25-28-33-38-43-49-54-60-66-78(6)9-3)76-100-104(93,94)98-72-79(86)71-97-103(91,92)99-75-80(73-95-82(87)67-61-55-47-15-13-11-8-2)101-84(89)70-64-58-52-46-41-36-31-32-37-42-48-53-59-65-77(4)5/h77-81,86H,7-76H2,1-6H3,(H,91,92)(H,93,94)/t78?,79-,80+,81+/m0/s1. The lowest BCUT2D eigenvalue weighted by Crippen LogP contribution is -2.30. The van der Waals surface area contributed by atoms with Crippen molar-refractivity contribution in [2.75, 3.05) is 39.6 Å². The number of unbranched alkanes of at least 4 members (excludes halogenated alkanes) is 53. The van der Waals surface area contributed by atoms with Gasteiger partial charge in [0.05, 0.1) is 26.4 Å². The highest BCUT2D eigenvalue weighted by Gasteiger charge is 2.30. The van der Waals surface area contributed by atoms with Crippen molar-refractivity contribution in [3.05, 3.63) is 0 Å². The summed E-state index contributed by atoms with van der Waals surface area (Å²) in [6.07, 6.45) is 68.2. The molecule has 0 heterocycles. The van der Waals surface area contributed by atoms with E-state index in [1.165, 1.54) is 257 Å². The van der Waals surface area contributed by atoms with Gasteiger partial charge in [-0.1, -0.05) is 401 Å². The average molecular weight is 1520 g/mol. The molecule has 0 radical (unpaired) electrons. The third-order valence-corrected chi connectivity index (χ3v) is 22.2. The Morgan fingerprint density at radius 3 is 0.731 bits per heavy atom. The van der Waals surface area contributed by atoms with Crippen molar-refractivity contribution in [1.82, 2.24) is 0 Å². The molecule has 0 aliphatic heterocycles. The number of ether oxygens (including phenoxy) is 4. The Bertz CT molecular complexity index is 2000. The Labute approximate surface area is 638 Å². The quantitative estimate of drug-likeness (QED) is 0.0222. The molecule has 0 rings (SSSR count). The topological polar surface area (TPSA) is 237 Å². The Balaban J connectivity index is 5.16. The van der Waals surface area contributed by atoms with Crippen LogP contribution in [0, 0.1) is 11.8 Å². The number of esters is 4. The van der Waals surface area contributed by atoms with Crippen molar-refractivity contribution in [2.45, 2.75) is 471 Å². The summed E-state index contributed by atoms with van der Waals surface area (Å²) < 4.78 is 68.7. The summed E-state index contributed by atoms with van der Waals surface area (Å²) >= 11 is 0. The molecule has 618 valence electrons. The van der Waals surface area contributed by atoms with Gasteiger partial charge in [0.15, 0.2) is 12.2 Å². The van der Waals surface area contributed by atoms with Gasteiger partial charge in [-0.15, -0.1) is 0 Å². The lowest BCUT2D eigenvalue weighted by atomic mass is 9.99. The molecule has 0 saturated heterocycles. The summed E-state index contributed by atoms with van der Waals surface area (Å²) in [7, 11) is -9.92. The highest BCUT2D eigenvalue weighted by Crippen LogP contribution is 2.45. The molecule has 104 heavy (non-hydrogen) atoms. The van der Waals surface area contributed by atoms with E-state index in [4.69, 9.17) is 37.0 Å². The molecular formula is C85H166O17P2. The van der Waals surface area contributed by atoms with Crippen LogP contribution < -0.4 is 0 Å². The summed E-state index contributed by atoms with van der Waals surface area (Å²) in [6, 6.07) is 0. The van der Waals surface area contributed by atoms with Crippen molar-refractivity contribution in [1.29, 1.82) is 0 Å². The van der Waals surface area contributed by atoms with Gasteiger partial charge in [0.2, 0.25) is 0 Å². The van der Waals surface area contributed by atoms with Crippen LogP contribution >= 0.6 is 15.6 Å². The van der Waals surface area contributed by atoms with Crippen LogP contribution in [0.3, 0.4) is 0 Å². The van der Waals surface area contributed by atoms with E-state index in [-0.39, 0.29) is 25.7 Å². The Hall–Kier alpha value is -1.94. The van der Waals surface area contributed by atoms with E-state index in [1.807, 2.05) is 0 Å². The molecule has 0 aromatic rings. The number of rotatable bonds is 84. The molecule has 0 fully saturated rings. The van der Waals surface area contributed by atoms with Crippen LogP contribution in [-0.4, -0.2) is 96.7 Å². The van der Waals surface area contributed by atoms with E-state index < -0.39 is 97.5 Å². The highest BCUT2D eigenvalue weighted by molar-refractivity contribution is 7.47. The predicted molar refractivity (Wildman–Crippen MR) is 428 cm³/mol. The van der Waals surface area contributed by atoms with Crippen molar-refractivity contribution in [2.24, 2.45) is 11.8 Å². The number of carbonyl (C=O) groups is 4. The summed E-state index contributed by atoms with van der Waals surface area (Å²) in [5.74, 6) is -0.451. The lowest BCUT2D eigenvalue weighted by molar-refractivity contribution is -0.161. The Kier molecular flexibility index (Phi) is 75.0. The number of aliphatic hydroxyl groups excluding tert-OH is 1. The molecule has 0 aliphatic rings. The Morgan fingerprint density at radius 2 is 0.490 bits per heavy atom. The number of aliphatic hydroxyl groups is 1. The fraction of sp³-hybridized carbons (Fsp3) is 0.953. The fourth-order valence-corrected chi connectivity index (χ4v) is 14.8. The van der Waals surface area contributed by atoms with Crippen molar-refractivity contribution in [3.8, 4) is 0 Å². The zero-order valence-corrected chi connectivity index (χ0v) is 70.1. The smallest absolute Gasteiger partial charge is 0.462 e. The molecule has 0 saturated carbocycles. The van der Waals surface area contributed by atoms with E-state index in [9.17, 15) is 43.2 Å². The van der Waals surface area contributed by atoms with Gasteiger partial charge in [-0.3, -0.25) is 37.3 Å². The molecule has 19 heteroatoms. The molecule has 3 unspecified atom stereocenters. The van der Waals surface area contributed by atoms with Gasteiger partial charge in [0, 0.05) is 25.7 Å². The maximum absolute atomic E-state index is 13.1.